The molecule has 152 valence electrons. The Bertz CT molecular complexity index is 942. The molecule has 2 atom stereocenters. The van der Waals surface area contributed by atoms with Crippen molar-refractivity contribution in [2.24, 2.45) is 0 Å². The van der Waals surface area contributed by atoms with Gasteiger partial charge >= 0.3 is 6.03 Å². The SMILES string of the molecule is CC(C)c1ccccc1OC[C@H](O)CN1C(=O)N[C@@]2(CCc3ccccc32)C1=O. The molecule has 0 bridgehead atoms. The molecule has 2 aromatic carbocycles. The van der Waals surface area contributed by atoms with Crippen molar-refractivity contribution in [3.05, 3.63) is 65.2 Å². The van der Waals surface area contributed by atoms with Crippen LogP contribution in [0.1, 0.15) is 42.9 Å². The largest absolute Gasteiger partial charge is 0.491 e. The molecule has 4 rings (SSSR count). The molecule has 1 aliphatic carbocycles. The monoisotopic (exact) mass is 394 g/mol. The maximum atomic E-state index is 13.1. The summed E-state index contributed by atoms with van der Waals surface area (Å²) in [5.74, 6) is 0.700. The van der Waals surface area contributed by atoms with E-state index < -0.39 is 17.7 Å². The Morgan fingerprint density at radius 3 is 2.66 bits per heavy atom. The minimum absolute atomic E-state index is 0.00435. The highest BCUT2D eigenvalue weighted by atomic mass is 16.5. The molecule has 2 aliphatic rings. The summed E-state index contributed by atoms with van der Waals surface area (Å²) in [6.07, 6.45) is 0.312. The number of para-hydroxylation sites is 1. The maximum absolute atomic E-state index is 13.1. The van der Waals surface area contributed by atoms with Gasteiger partial charge in [-0.05, 0) is 41.5 Å². The number of hydrogen-bond donors (Lipinski definition) is 2. The third-order valence-electron chi connectivity index (χ3n) is 5.79. The summed E-state index contributed by atoms with van der Waals surface area (Å²) in [7, 11) is 0. The van der Waals surface area contributed by atoms with Crippen molar-refractivity contribution in [2.75, 3.05) is 13.2 Å². The molecule has 1 fully saturated rings. The molecule has 6 nitrogen and oxygen atoms in total. The number of rotatable bonds is 6. The summed E-state index contributed by atoms with van der Waals surface area (Å²) in [4.78, 5) is 26.8. The molecule has 1 spiro atoms. The maximum Gasteiger partial charge on any atom is 0.325 e. The van der Waals surface area contributed by atoms with E-state index in [2.05, 4.69) is 19.2 Å². The number of aryl methyl sites for hydroxylation is 1. The third kappa shape index (κ3) is 3.38. The van der Waals surface area contributed by atoms with Gasteiger partial charge in [-0.25, -0.2) is 4.79 Å². The summed E-state index contributed by atoms with van der Waals surface area (Å²) >= 11 is 0. The standard InChI is InChI=1S/C23H26N2O4/c1-15(2)18-8-4-6-10-20(18)29-14-17(26)13-25-21(27)23(24-22(25)28)12-11-16-7-3-5-9-19(16)23/h3-10,15,17,26H,11-14H2,1-2H3,(H,24,28)/t17-,23-/m1/s1. The number of carbonyl (C=O) groups is 2. The molecular formula is C23H26N2O4. The number of β-amino-alcohol motifs (C(OH)–C–C–N with tert-alkyl or cyclic N) is 1. The van der Waals surface area contributed by atoms with Crippen molar-refractivity contribution in [3.63, 3.8) is 0 Å². The van der Waals surface area contributed by atoms with Crippen molar-refractivity contribution in [1.82, 2.24) is 10.2 Å². The van der Waals surface area contributed by atoms with Crippen LogP contribution in [-0.2, 0) is 16.8 Å². The predicted octanol–water partition coefficient (Wildman–Crippen LogP) is 2.94. The number of imide groups is 1. The number of aliphatic hydroxyl groups excluding tert-OH is 1. The molecule has 0 radical (unpaired) electrons. The molecule has 0 saturated carbocycles. The number of hydrogen-bond acceptors (Lipinski definition) is 4. The van der Waals surface area contributed by atoms with Crippen LogP contribution in [0, 0.1) is 0 Å². The molecule has 6 heteroatoms. The second-order valence-electron chi connectivity index (χ2n) is 8.07. The Kier molecular flexibility index (Phi) is 5.04. The lowest BCUT2D eigenvalue weighted by molar-refractivity contribution is -0.132. The van der Waals surface area contributed by atoms with Crippen molar-refractivity contribution < 1.29 is 19.4 Å². The average molecular weight is 394 g/mol. The normalized spacial score (nSPS) is 21.6. The number of carbonyl (C=O) groups excluding carboxylic acids is 2. The smallest absolute Gasteiger partial charge is 0.325 e. The van der Waals surface area contributed by atoms with Gasteiger partial charge < -0.3 is 15.2 Å². The minimum Gasteiger partial charge on any atom is -0.491 e. The second kappa shape index (κ2) is 7.52. The highest BCUT2D eigenvalue weighted by molar-refractivity contribution is 6.08. The average Bonchev–Trinajstić information content (AvgIpc) is 3.20. The number of nitrogens with zero attached hydrogens (tertiary/aromatic N) is 1. The van der Waals surface area contributed by atoms with Gasteiger partial charge in [0, 0.05) is 0 Å². The number of nitrogens with one attached hydrogen (secondary N) is 1. The zero-order valence-corrected chi connectivity index (χ0v) is 16.7. The van der Waals surface area contributed by atoms with Gasteiger partial charge in [-0.15, -0.1) is 0 Å². The molecule has 0 unspecified atom stereocenters. The van der Waals surface area contributed by atoms with Crippen molar-refractivity contribution in [2.45, 2.75) is 44.2 Å². The molecular weight excluding hydrogens is 368 g/mol. The Balaban J connectivity index is 1.44. The molecule has 1 heterocycles. The van der Waals surface area contributed by atoms with E-state index in [-0.39, 0.29) is 25.0 Å². The lowest BCUT2D eigenvalue weighted by atomic mass is 9.92. The molecule has 0 aromatic heterocycles. The number of fused-ring (bicyclic) bond motifs is 2. The van der Waals surface area contributed by atoms with Gasteiger partial charge in [0.2, 0.25) is 0 Å². The Morgan fingerprint density at radius 2 is 1.86 bits per heavy atom. The summed E-state index contributed by atoms with van der Waals surface area (Å²) < 4.78 is 5.79. The van der Waals surface area contributed by atoms with Gasteiger partial charge in [0.05, 0.1) is 6.54 Å². The Morgan fingerprint density at radius 1 is 1.14 bits per heavy atom. The Labute approximate surface area is 170 Å². The Hall–Kier alpha value is -2.86. The van der Waals surface area contributed by atoms with Gasteiger partial charge in [0.15, 0.2) is 0 Å². The number of urea groups is 1. The third-order valence-corrected chi connectivity index (χ3v) is 5.79. The van der Waals surface area contributed by atoms with Crippen LogP contribution in [0.25, 0.3) is 0 Å². The van der Waals surface area contributed by atoms with E-state index in [9.17, 15) is 14.7 Å². The molecule has 1 saturated heterocycles. The van der Waals surface area contributed by atoms with E-state index in [1.165, 1.54) is 0 Å². The van der Waals surface area contributed by atoms with E-state index in [1.807, 2.05) is 48.5 Å². The molecule has 2 N–H and O–H groups in total. The first-order valence-corrected chi connectivity index (χ1v) is 10.0. The van der Waals surface area contributed by atoms with Crippen molar-refractivity contribution in [3.8, 4) is 5.75 Å². The van der Waals surface area contributed by atoms with E-state index in [4.69, 9.17) is 4.74 Å². The quantitative estimate of drug-likeness (QED) is 0.739. The van der Waals surface area contributed by atoms with Crippen LogP contribution >= 0.6 is 0 Å². The zero-order chi connectivity index (χ0) is 20.6. The number of aliphatic hydroxyl groups is 1. The number of ether oxygens (including phenoxy) is 1. The fourth-order valence-corrected chi connectivity index (χ4v) is 4.29. The summed E-state index contributed by atoms with van der Waals surface area (Å²) in [5.41, 5.74) is 1.99. The molecule has 3 amide bonds. The number of amides is 3. The lowest BCUT2D eigenvalue weighted by Crippen LogP contribution is -2.43. The topological polar surface area (TPSA) is 78.9 Å². The van der Waals surface area contributed by atoms with Crippen molar-refractivity contribution >= 4 is 11.9 Å². The first kappa shape index (κ1) is 19.5. The summed E-state index contributed by atoms with van der Waals surface area (Å²) in [5, 5.41) is 13.3. The fourth-order valence-electron chi connectivity index (χ4n) is 4.29. The van der Waals surface area contributed by atoms with E-state index >= 15 is 0 Å². The van der Waals surface area contributed by atoms with Gasteiger partial charge in [0.25, 0.3) is 5.91 Å². The van der Waals surface area contributed by atoms with E-state index in [0.717, 1.165) is 28.0 Å². The van der Waals surface area contributed by atoms with Crippen LogP contribution in [0.3, 0.4) is 0 Å². The van der Waals surface area contributed by atoms with Crippen molar-refractivity contribution in [1.29, 1.82) is 0 Å². The van der Waals surface area contributed by atoms with Crippen LogP contribution in [0.15, 0.2) is 48.5 Å². The van der Waals surface area contributed by atoms with Gasteiger partial charge in [-0.2, -0.15) is 0 Å². The van der Waals surface area contributed by atoms with Crippen LogP contribution in [-0.4, -0.2) is 41.2 Å². The van der Waals surface area contributed by atoms with Gasteiger partial charge in [-0.3, -0.25) is 9.69 Å². The van der Waals surface area contributed by atoms with E-state index in [0.29, 0.717) is 12.2 Å². The van der Waals surface area contributed by atoms with Gasteiger partial charge in [0.1, 0.15) is 24.0 Å². The number of benzene rings is 2. The van der Waals surface area contributed by atoms with E-state index in [1.54, 1.807) is 0 Å². The highest BCUT2D eigenvalue weighted by Gasteiger charge is 2.55. The molecule has 1 aliphatic heterocycles. The predicted molar refractivity (Wildman–Crippen MR) is 109 cm³/mol. The highest BCUT2D eigenvalue weighted by Crippen LogP contribution is 2.41. The summed E-state index contributed by atoms with van der Waals surface area (Å²) in [6.45, 7) is 4.05. The first-order chi connectivity index (χ1) is 13.9. The lowest BCUT2D eigenvalue weighted by Gasteiger charge is -2.23. The van der Waals surface area contributed by atoms with Crippen LogP contribution in [0.2, 0.25) is 0 Å². The minimum atomic E-state index is -1.00. The summed E-state index contributed by atoms with van der Waals surface area (Å²) in [6, 6.07) is 14.9. The fraction of sp³-hybridized carbons (Fsp3) is 0.391. The first-order valence-electron chi connectivity index (χ1n) is 10.0. The van der Waals surface area contributed by atoms with Crippen LogP contribution in [0.4, 0.5) is 4.79 Å². The van der Waals surface area contributed by atoms with Crippen LogP contribution < -0.4 is 10.1 Å². The van der Waals surface area contributed by atoms with Gasteiger partial charge in [-0.1, -0.05) is 56.3 Å². The zero-order valence-electron chi connectivity index (χ0n) is 16.7. The molecule has 29 heavy (non-hydrogen) atoms. The second-order valence-corrected chi connectivity index (χ2v) is 8.07. The molecule has 2 aromatic rings. The van der Waals surface area contributed by atoms with Crippen LogP contribution in [0.5, 0.6) is 5.75 Å².